The first-order valence-corrected chi connectivity index (χ1v) is 4.00. The number of hydrogen-bond acceptors (Lipinski definition) is 8. The fourth-order valence-electron chi connectivity index (χ4n) is 0. The van der Waals surface area contributed by atoms with E-state index in [4.69, 9.17) is 35.0 Å². The molecule has 14 heavy (non-hydrogen) atoms. The van der Waals surface area contributed by atoms with E-state index in [1.54, 1.807) is 0 Å². The van der Waals surface area contributed by atoms with Crippen LogP contribution in [0.2, 0.25) is 0 Å². The van der Waals surface area contributed by atoms with Crippen LogP contribution in [0.5, 0.6) is 0 Å². The topological polar surface area (TPSA) is 224 Å². The Morgan fingerprint density at radius 3 is 0.643 bits per heavy atom. The maximum absolute atomic E-state index is 8.52. The molecule has 0 saturated heterocycles. The summed E-state index contributed by atoms with van der Waals surface area (Å²) in [5.74, 6) is 0. The van der Waals surface area contributed by atoms with Crippen molar-refractivity contribution in [2.45, 2.75) is 0 Å². The van der Waals surface area contributed by atoms with Gasteiger partial charge in [-0.1, -0.05) is 0 Å². The first-order valence-electron chi connectivity index (χ1n) is 1.33. The van der Waals surface area contributed by atoms with Crippen LogP contribution < -0.4 is 58.2 Å². The zero-order valence-corrected chi connectivity index (χ0v) is 14.4. The normalized spacial score (nSPS) is 8.29. The van der Waals surface area contributed by atoms with E-state index in [9.17, 15) is 0 Å². The van der Waals surface area contributed by atoms with E-state index < -0.39 is 20.8 Å². The molecule has 0 saturated carbocycles. The standard InChI is InChI=1S/Al.2H2O4S.2H2O.Rb/c;2*1-5(2,3)4;;;/h;2*(H2,1,2,3,4);2*1H2;/q+3;;;;;+1/p-4. The van der Waals surface area contributed by atoms with Gasteiger partial charge in [-0.15, -0.1) is 0 Å². The molecule has 0 rings (SSSR count). The van der Waals surface area contributed by atoms with Gasteiger partial charge in [0.25, 0.3) is 0 Å². The summed E-state index contributed by atoms with van der Waals surface area (Å²) in [6.45, 7) is 0. The van der Waals surface area contributed by atoms with Crippen LogP contribution in [0.25, 0.3) is 0 Å². The third-order valence-electron chi connectivity index (χ3n) is 0. The average Bonchev–Trinajstić information content (AvgIpc) is 1.12. The van der Waals surface area contributed by atoms with Crippen LogP contribution in [0.1, 0.15) is 0 Å². The molecular weight excluding hydrogens is 337 g/mol. The van der Waals surface area contributed by atoms with Crippen molar-refractivity contribution in [3.63, 3.8) is 0 Å². The minimum atomic E-state index is -5.17. The Labute approximate surface area is 140 Å². The molecule has 0 atom stereocenters. The number of hydrogen-bond donors (Lipinski definition) is 0. The molecule has 0 aromatic heterocycles. The maximum atomic E-state index is 8.52. The molecule has 0 aromatic rings. The van der Waals surface area contributed by atoms with Gasteiger partial charge < -0.3 is 29.2 Å². The maximum Gasteiger partial charge on any atom is 3.00 e. The monoisotopic (exact) mass is 340 g/mol. The Balaban J connectivity index is -0.0000000178. The van der Waals surface area contributed by atoms with E-state index in [1.165, 1.54) is 0 Å². The van der Waals surface area contributed by atoms with Crippen LogP contribution in [-0.2, 0) is 20.8 Å². The molecule has 0 unspecified atom stereocenters. The van der Waals surface area contributed by atoms with Gasteiger partial charge in [0.2, 0.25) is 0 Å². The van der Waals surface area contributed by atoms with Crippen molar-refractivity contribution < 1.29 is 104 Å². The second-order valence-corrected chi connectivity index (χ2v) is 2.45. The van der Waals surface area contributed by atoms with Crippen molar-refractivity contribution in [2.75, 3.05) is 0 Å². The fraction of sp³-hybridized carbons (Fsp3) is 0. The molecule has 0 aromatic carbocycles. The van der Waals surface area contributed by atoms with E-state index in [1.807, 2.05) is 0 Å². The van der Waals surface area contributed by atoms with E-state index in [0.717, 1.165) is 0 Å². The molecule has 80 valence electrons. The summed E-state index contributed by atoms with van der Waals surface area (Å²) >= 11 is 0. The van der Waals surface area contributed by atoms with Crippen LogP contribution in [0, 0.1) is 0 Å². The second kappa shape index (κ2) is 15.0. The number of rotatable bonds is 0. The minimum absolute atomic E-state index is 0. The van der Waals surface area contributed by atoms with Crippen molar-refractivity contribution in [1.29, 1.82) is 0 Å². The molecule has 0 aliphatic rings. The van der Waals surface area contributed by atoms with E-state index in [-0.39, 0.29) is 86.5 Å². The van der Waals surface area contributed by atoms with Crippen LogP contribution in [0.4, 0.5) is 0 Å². The first-order chi connectivity index (χ1) is 4.00. The molecular formula is H4AlO10RbS2. The molecule has 10 nitrogen and oxygen atoms in total. The zero-order valence-electron chi connectivity index (χ0n) is 6.66. The summed E-state index contributed by atoms with van der Waals surface area (Å²) in [6.07, 6.45) is 0. The van der Waals surface area contributed by atoms with Gasteiger partial charge in [-0.05, 0) is 0 Å². The molecule has 0 aliphatic carbocycles. The van der Waals surface area contributed by atoms with Gasteiger partial charge in [0.15, 0.2) is 0 Å². The Hall–Kier alpha value is 2.00. The molecule has 0 amide bonds. The summed E-state index contributed by atoms with van der Waals surface area (Å²) in [4.78, 5) is 0. The van der Waals surface area contributed by atoms with Gasteiger partial charge in [0.1, 0.15) is 0 Å². The van der Waals surface area contributed by atoms with Gasteiger partial charge in [0, 0.05) is 20.8 Å². The quantitative estimate of drug-likeness (QED) is 0.233. The molecule has 0 fully saturated rings. The zero-order chi connectivity index (χ0) is 9.00. The van der Waals surface area contributed by atoms with E-state index in [0.29, 0.717) is 0 Å². The molecule has 0 spiro atoms. The second-order valence-electron chi connectivity index (χ2n) is 0.816. The summed E-state index contributed by atoms with van der Waals surface area (Å²) in [5.41, 5.74) is 0. The summed E-state index contributed by atoms with van der Waals surface area (Å²) in [5, 5.41) is 0. The summed E-state index contributed by atoms with van der Waals surface area (Å²) < 4.78 is 68.2. The fourth-order valence-corrected chi connectivity index (χ4v) is 0. The molecule has 0 bridgehead atoms. The molecule has 0 heterocycles. The molecule has 0 aliphatic heterocycles. The first kappa shape index (κ1) is 36.0. The summed E-state index contributed by atoms with van der Waals surface area (Å²) in [6, 6.07) is 0. The van der Waals surface area contributed by atoms with Gasteiger partial charge in [-0.2, -0.15) is 0 Å². The predicted molar refractivity (Wildman–Crippen MR) is 33.9 cm³/mol. The Morgan fingerprint density at radius 2 is 0.643 bits per heavy atom. The average molecular weight is 341 g/mol. The molecule has 14 heteroatoms. The van der Waals surface area contributed by atoms with E-state index in [2.05, 4.69) is 0 Å². The van der Waals surface area contributed by atoms with Gasteiger partial charge in [-0.25, -0.2) is 0 Å². The van der Waals surface area contributed by atoms with Crippen molar-refractivity contribution in [3.05, 3.63) is 0 Å². The largest absolute Gasteiger partial charge is 3.00 e. The van der Waals surface area contributed by atoms with Crippen LogP contribution >= 0.6 is 0 Å². The smallest absolute Gasteiger partial charge is 0.759 e. The van der Waals surface area contributed by atoms with Crippen LogP contribution in [0.3, 0.4) is 0 Å². The third-order valence-corrected chi connectivity index (χ3v) is 0. The van der Waals surface area contributed by atoms with Crippen molar-refractivity contribution >= 4 is 38.2 Å². The van der Waals surface area contributed by atoms with Crippen LogP contribution in [0.15, 0.2) is 0 Å². The summed E-state index contributed by atoms with van der Waals surface area (Å²) in [7, 11) is -10.3. The van der Waals surface area contributed by atoms with E-state index >= 15 is 0 Å². The third kappa shape index (κ3) is 593. The van der Waals surface area contributed by atoms with Gasteiger partial charge >= 0.3 is 75.5 Å². The van der Waals surface area contributed by atoms with Gasteiger partial charge in [-0.3, -0.25) is 16.8 Å². The van der Waals surface area contributed by atoms with Crippen LogP contribution in [-0.4, -0.2) is 63.4 Å². The SMILES string of the molecule is O.O.O=S(=O)([O-])[O-].O=S(=O)([O-])[O-].[Al+3].[Rb+]. The Morgan fingerprint density at radius 1 is 0.643 bits per heavy atom. The van der Waals surface area contributed by atoms with Gasteiger partial charge in [0.05, 0.1) is 0 Å². The predicted octanol–water partition coefficient (Wildman–Crippen LogP) is -7.70. The van der Waals surface area contributed by atoms with Crippen molar-refractivity contribution in [3.8, 4) is 0 Å². The molecule has 4 N–H and O–H groups in total. The Kier molecular flexibility index (Phi) is 38.6. The minimum Gasteiger partial charge on any atom is -0.759 e. The van der Waals surface area contributed by atoms with Crippen molar-refractivity contribution in [2.24, 2.45) is 0 Å². The van der Waals surface area contributed by atoms with Crippen molar-refractivity contribution in [1.82, 2.24) is 0 Å². The Bertz CT molecular complexity index is 214. The molecule has 0 radical (unpaired) electrons.